The summed E-state index contributed by atoms with van der Waals surface area (Å²) in [5, 5.41) is 1.88. The number of rotatable bonds is 4. The van der Waals surface area contributed by atoms with Crippen molar-refractivity contribution in [2.75, 3.05) is 7.11 Å². The molecule has 0 amide bonds. The molecule has 0 aliphatic heterocycles. The summed E-state index contributed by atoms with van der Waals surface area (Å²) in [4.78, 5) is 12.9. The van der Waals surface area contributed by atoms with Crippen LogP contribution in [0.1, 0.15) is 26.4 Å². The fourth-order valence-corrected chi connectivity index (χ4v) is 2.70. The maximum atomic E-state index is 12.9. The number of ether oxygens (including phenoxy) is 1. The van der Waals surface area contributed by atoms with Gasteiger partial charge in [0.1, 0.15) is 5.75 Å². The van der Waals surface area contributed by atoms with Crippen LogP contribution in [0.25, 0.3) is 6.08 Å². The molecule has 0 aliphatic carbocycles. The molecule has 0 spiro atoms. The molecule has 6 heteroatoms. The van der Waals surface area contributed by atoms with Crippen molar-refractivity contribution < 1.29 is 22.7 Å². The van der Waals surface area contributed by atoms with Crippen LogP contribution in [0.5, 0.6) is 5.75 Å². The molecule has 2 aromatic rings. The maximum Gasteiger partial charge on any atom is 0.419 e. The summed E-state index contributed by atoms with van der Waals surface area (Å²) in [5.41, 5.74) is 0.0277. The predicted molar refractivity (Wildman–Crippen MR) is 80.4 cm³/mol. The first kappa shape index (κ1) is 16.3. The number of aryl methyl sites for hydroxylation is 1. The molecule has 22 heavy (non-hydrogen) atoms. The minimum absolute atomic E-state index is 0.0291. The highest BCUT2D eigenvalue weighted by Crippen LogP contribution is 2.36. The number of hydrogen-bond acceptors (Lipinski definition) is 3. The Hall–Kier alpha value is -2.08. The zero-order valence-electron chi connectivity index (χ0n) is 11.9. The number of ketones is 1. The highest BCUT2D eigenvalue weighted by molar-refractivity contribution is 7.11. The van der Waals surface area contributed by atoms with E-state index in [2.05, 4.69) is 0 Å². The zero-order chi connectivity index (χ0) is 16.3. The van der Waals surface area contributed by atoms with E-state index in [9.17, 15) is 18.0 Å². The van der Waals surface area contributed by atoms with E-state index in [1.54, 1.807) is 6.08 Å². The minimum atomic E-state index is -4.57. The summed E-state index contributed by atoms with van der Waals surface area (Å²) in [5.74, 6) is -0.789. The first-order chi connectivity index (χ1) is 10.3. The van der Waals surface area contributed by atoms with Gasteiger partial charge in [-0.25, -0.2) is 0 Å². The highest BCUT2D eigenvalue weighted by atomic mass is 32.1. The Morgan fingerprint density at radius 2 is 2.00 bits per heavy atom. The van der Waals surface area contributed by atoms with Crippen LogP contribution in [0, 0.1) is 6.92 Å². The van der Waals surface area contributed by atoms with Crippen molar-refractivity contribution in [1.82, 2.24) is 0 Å². The molecule has 2 nitrogen and oxygen atoms in total. The second kappa shape index (κ2) is 6.36. The Morgan fingerprint density at radius 3 is 2.55 bits per heavy atom. The van der Waals surface area contributed by atoms with Crippen molar-refractivity contribution in [1.29, 1.82) is 0 Å². The molecule has 0 unspecified atom stereocenters. The number of halogens is 3. The Morgan fingerprint density at radius 1 is 1.27 bits per heavy atom. The third-order valence-electron chi connectivity index (χ3n) is 3.08. The number of allylic oxidation sites excluding steroid dienone is 1. The van der Waals surface area contributed by atoms with E-state index in [1.165, 1.54) is 23.5 Å². The number of alkyl halides is 3. The van der Waals surface area contributed by atoms with Crippen LogP contribution < -0.4 is 4.74 Å². The third kappa shape index (κ3) is 3.57. The van der Waals surface area contributed by atoms with Gasteiger partial charge in [0.25, 0.3) is 0 Å². The molecule has 0 radical (unpaired) electrons. The smallest absolute Gasteiger partial charge is 0.419 e. The average molecular weight is 326 g/mol. The van der Waals surface area contributed by atoms with Crippen molar-refractivity contribution in [3.63, 3.8) is 0 Å². The molecule has 1 aromatic carbocycles. The fraction of sp³-hybridized carbons (Fsp3) is 0.188. The summed E-state index contributed by atoms with van der Waals surface area (Å²) in [6, 6.07) is 5.19. The van der Waals surface area contributed by atoms with Gasteiger partial charge >= 0.3 is 6.18 Å². The number of methoxy groups -OCH3 is 1. The Kier molecular flexibility index (Phi) is 4.71. The second-order valence-corrected chi connectivity index (χ2v) is 5.53. The van der Waals surface area contributed by atoms with Gasteiger partial charge in [-0.15, -0.1) is 11.3 Å². The number of carbonyl (C=O) groups excluding carboxylic acids is 1. The molecule has 0 fully saturated rings. The van der Waals surface area contributed by atoms with Crippen molar-refractivity contribution in [3.8, 4) is 5.75 Å². The molecule has 0 saturated heterocycles. The van der Waals surface area contributed by atoms with E-state index in [-0.39, 0.29) is 11.3 Å². The van der Waals surface area contributed by atoms with E-state index in [0.717, 1.165) is 29.7 Å². The van der Waals surface area contributed by atoms with Gasteiger partial charge < -0.3 is 4.74 Å². The first-order valence-electron chi connectivity index (χ1n) is 6.34. The van der Waals surface area contributed by atoms with Gasteiger partial charge in [0.15, 0.2) is 5.78 Å². The number of benzene rings is 1. The monoisotopic (exact) mass is 326 g/mol. The second-order valence-electron chi connectivity index (χ2n) is 4.58. The van der Waals surface area contributed by atoms with E-state index >= 15 is 0 Å². The van der Waals surface area contributed by atoms with Crippen LogP contribution >= 0.6 is 11.3 Å². The Bertz CT molecular complexity index is 714. The normalized spacial score (nSPS) is 11.9. The van der Waals surface area contributed by atoms with Crippen molar-refractivity contribution >= 4 is 23.2 Å². The summed E-state index contributed by atoms with van der Waals surface area (Å²) in [6.45, 7) is 1.90. The fourth-order valence-electron chi connectivity index (χ4n) is 1.89. The molecule has 0 bridgehead atoms. The summed E-state index contributed by atoms with van der Waals surface area (Å²) >= 11 is 1.46. The molecular weight excluding hydrogens is 313 g/mol. The van der Waals surface area contributed by atoms with Crippen LogP contribution in [0.2, 0.25) is 0 Å². The molecule has 0 N–H and O–H groups in total. The summed E-state index contributed by atoms with van der Waals surface area (Å²) in [7, 11) is 1.16. The van der Waals surface area contributed by atoms with Gasteiger partial charge in [0.2, 0.25) is 0 Å². The molecule has 2 rings (SSSR count). The van der Waals surface area contributed by atoms with Gasteiger partial charge in [0.05, 0.1) is 12.7 Å². The zero-order valence-corrected chi connectivity index (χ0v) is 12.7. The van der Waals surface area contributed by atoms with Crippen molar-refractivity contribution in [3.05, 3.63) is 57.3 Å². The van der Waals surface area contributed by atoms with Crippen molar-refractivity contribution in [2.45, 2.75) is 13.1 Å². The lowest BCUT2D eigenvalue weighted by Crippen LogP contribution is -2.09. The van der Waals surface area contributed by atoms with E-state index in [0.29, 0.717) is 0 Å². The number of carbonyl (C=O) groups is 1. The molecule has 1 heterocycles. The number of hydrogen-bond donors (Lipinski definition) is 0. The van der Waals surface area contributed by atoms with Crippen molar-refractivity contribution in [2.24, 2.45) is 0 Å². The highest BCUT2D eigenvalue weighted by Gasteiger charge is 2.34. The quantitative estimate of drug-likeness (QED) is 0.585. The van der Waals surface area contributed by atoms with Crippen LogP contribution in [0.3, 0.4) is 0 Å². The average Bonchev–Trinajstić information content (AvgIpc) is 2.88. The Labute approximate surface area is 129 Å². The van der Waals surface area contributed by atoms with E-state index < -0.39 is 17.5 Å². The van der Waals surface area contributed by atoms with Crippen LogP contribution in [0.15, 0.2) is 35.7 Å². The first-order valence-corrected chi connectivity index (χ1v) is 7.22. The molecule has 0 atom stereocenters. The van der Waals surface area contributed by atoms with Gasteiger partial charge in [0, 0.05) is 10.4 Å². The molecule has 1 aromatic heterocycles. The lowest BCUT2D eigenvalue weighted by Gasteiger charge is -2.12. The molecule has 0 saturated carbocycles. The summed E-state index contributed by atoms with van der Waals surface area (Å²) in [6.07, 6.45) is -1.68. The largest absolute Gasteiger partial charge is 0.496 e. The molecule has 0 aliphatic rings. The van der Waals surface area contributed by atoms with Crippen LogP contribution in [-0.2, 0) is 6.18 Å². The third-order valence-corrected chi connectivity index (χ3v) is 4.06. The lowest BCUT2D eigenvalue weighted by molar-refractivity contribution is -0.138. The maximum absolute atomic E-state index is 12.9. The minimum Gasteiger partial charge on any atom is -0.496 e. The van der Waals surface area contributed by atoms with Gasteiger partial charge in [-0.3, -0.25) is 4.79 Å². The molecule has 116 valence electrons. The van der Waals surface area contributed by atoms with Crippen LogP contribution in [0.4, 0.5) is 13.2 Å². The lowest BCUT2D eigenvalue weighted by atomic mass is 10.1. The molecular formula is C16H13F3O2S. The predicted octanol–water partition coefficient (Wildman–Crippen LogP) is 4.98. The van der Waals surface area contributed by atoms with Gasteiger partial charge in [-0.05, 0) is 54.3 Å². The Balaban J connectivity index is 2.31. The summed E-state index contributed by atoms with van der Waals surface area (Å²) < 4.78 is 43.5. The van der Waals surface area contributed by atoms with Crippen LogP contribution in [-0.4, -0.2) is 12.9 Å². The standard InChI is InChI=1S/C16H13F3O2S/c1-10-7-8-22-15(10)6-4-13(20)11-3-5-14(21-2)12(9-11)16(17,18)19/h3-9H,1-2H3/b6-4+. The topological polar surface area (TPSA) is 26.3 Å². The van der Waals surface area contributed by atoms with Gasteiger partial charge in [-0.2, -0.15) is 13.2 Å². The van der Waals surface area contributed by atoms with E-state index in [4.69, 9.17) is 4.74 Å². The number of thiophene rings is 1. The van der Waals surface area contributed by atoms with E-state index in [1.807, 2.05) is 18.4 Å². The van der Waals surface area contributed by atoms with Gasteiger partial charge in [-0.1, -0.05) is 0 Å². The SMILES string of the molecule is COc1ccc(C(=O)/C=C/c2sccc2C)cc1C(F)(F)F.